The molecule has 2 amide bonds. The zero-order valence-electron chi connectivity index (χ0n) is 20.6. The van der Waals surface area contributed by atoms with Crippen LogP contribution in [0, 0.1) is 0 Å². The Morgan fingerprint density at radius 1 is 0.921 bits per heavy atom. The molecule has 3 rings (SSSR count). The van der Waals surface area contributed by atoms with Crippen molar-refractivity contribution in [1.29, 1.82) is 0 Å². The molecule has 3 aromatic rings. The third-order valence-electron chi connectivity index (χ3n) is 4.95. The van der Waals surface area contributed by atoms with Crippen molar-refractivity contribution in [3.05, 3.63) is 87.4 Å². The maximum Gasteiger partial charge on any atom is 0.343 e. The van der Waals surface area contributed by atoms with Gasteiger partial charge in [0.15, 0.2) is 11.5 Å². The lowest BCUT2D eigenvalue weighted by Gasteiger charge is -2.10. The van der Waals surface area contributed by atoms with Crippen molar-refractivity contribution in [2.45, 2.75) is 13.3 Å². The topological polar surface area (TPSA) is 115 Å². The zero-order valence-corrected chi connectivity index (χ0v) is 22.1. The van der Waals surface area contributed by atoms with E-state index in [4.69, 9.17) is 37.4 Å². The van der Waals surface area contributed by atoms with Gasteiger partial charge in [-0.3, -0.25) is 9.59 Å². The van der Waals surface area contributed by atoms with Crippen LogP contribution in [0.4, 0.5) is 0 Å². The van der Waals surface area contributed by atoms with Crippen LogP contribution >= 0.6 is 23.2 Å². The van der Waals surface area contributed by atoms with E-state index in [1.54, 1.807) is 36.4 Å². The highest BCUT2D eigenvalue weighted by atomic mass is 35.5. The van der Waals surface area contributed by atoms with Crippen molar-refractivity contribution >= 4 is 47.2 Å². The van der Waals surface area contributed by atoms with Gasteiger partial charge in [-0.1, -0.05) is 30.1 Å². The van der Waals surface area contributed by atoms with E-state index in [9.17, 15) is 14.4 Å². The summed E-state index contributed by atoms with van der Waals surface area (Å²) in [7, 11) is 1.42. The van der Waals surface area contributed by atoms with Crippen LogP contribution in [-0.4, -0.2) is 44.3 Å². The average molecular weight is 558 g/mol. The summed E-state index contributed by atoms with van der Waals surface area (Å²) >= 11 is 11.8. The van der Waals surface area contributed by atoms with E-state index < -0.39 is 17.8 Å². The predicted octanol–water partition coefficient (Wildman–Crippen LogP) is 4.89. The molecule has 0 saturated carbocycles. The van der Waals surface area contributed by atoms with Crippen molar-refractivity contribution in [2.75, 3.05) is 20.3 Å². The van der Waals surface area contributed by atoms with Gasteiger partial charge >= 0.3 is 5.97 Å². The number of halogens is 2. The molecule has 0 aromatic heterocycles. The number of nitrogens with zero attached hydrogens (tertiary/aromatic N) is 1. The van der Waals surface area contributed by atoms with Gasteiger partial charge in [0, 0.05) is 5.56 Å². The fourth-order valence-corrected chi connectivity index (χ4v) is 3.33. The van der Waals surface area contributed by atoms with Crippen LogP contribution in [0.25, 0.3) is 0 Å². The first-order valence-corrected chi connectivity index (χ1v) is 12.2. The molecule has 0 spiro atoms. The number of hydrogen-bond donors (Lipinski definition) is 2. The van der Waals surface area contributed by atoms with E-state index in [1.165, 1.54) is 37.6 Å². The third-order valence-corrected chi connectivity index (χ3v) is 5.69. The minimum absolute atomic E-state index is 0.178. The van der Waals surface area contributed by atoms with E-state index in [0.717, 1.165) is 6.42 Å². The molecule has 198 valence electrons. The minimum Gasteiger partial charge on any atom is -0.494 e. The molecule has 38 heavy (non-hydrogen) atoms. The van der Waals surface area contributed by atoms with Gasteiger partial charge in [-0.25, -0.2) is 10.2 Å². The van der Waals surface area contributed by atoms with Crippen LogP contribution < -0.4 is 25.0 Å². The highest BCUT2D eigenvalue weighted by molar-refractivity contribution is 6.42. The fraction of sp³-hybridized carbons (Fsp3) is 0.185. The molecule has 0 aliphatic rings. The van der Waals surface area contributed by atoms with E-state index in [1.807, 2.05) is 6.92 Å². The molecule has 3 aromatic carbocycles. The first kappa shape index (κ1) is 28.5. The van der Waals surface area contributed by atoms with Crippen molar-refractivity contribution in [3.63, 3.8) is 0 Å². The fourth-order valence-electron chi connectivity index (χ4n) is 3.03. The molecule has 9 nitrogen and oxygen atoms in total. The third kappa shape index (κ3) is 8.22. The number of ether oxygens (including phenoxy) is 3. The van der Waals surface area contributed by atoms with Crippen LogP contribution in [0.3, 0.4) is 0 Å². The summed E-state index contributed by atoms with van der Waals surface area (Å²) < 4.78 is 16.2. The number of methoxy groups -OCH3 is 1. The van der Waals surface area contributed by atoms with Crippen LogP contribution in [0.5, 0.6) is 17.2 Å². The van der Waals surface area contributed by atoms with Crippen LogP contribution in [0.15, 0.2) is 65.8 Å². The van der Waals surface area contributed by atoms with Crippen molar-refractivity contribution in [2.24, 2.45) is 5.10 Å². The maximum atomic E-state index is 12.4. The smallest absolute Gasteiger partial charge is 0.343 e. The first-order chi connectivity index (χ1) is 18.3. The number of hydrazone groups is 1. The highest BCUT2D eigenvalue weighted by Gasteiger charge is 2.14. The number of benzene rings is 3. The quantitative estimate of drug-likeness (QED) is 0.150. The number of nitrogens with one attached hydrogen (secondary N) is 2. The second-order valence-electron chi connectivity index (χ2n) is 7.78. The molecular weight excluding hydrogens is 533 g/mol. The van der Waals surface area contributed by atoms with Gasteiger partial charge in [-0.2, -0.15) is 5.10 Å². The molecule has 0 atom stereocenters. The number of carbonyl (C=O) groups is 3. The summed E-state index contributed by atoms with van der Waals surface area (Å²) in [5, 5.41) is 6.96. The number of amides is 2. The van der Waals surface area contributed by atoms with Gasteiger partial charge in [0.25, 0.3) is 11.8 Å². The number of hydrogen-bond acceptors (Lipinski definition) is 7. The standard InChI is InChI=1S/C27H25Cl2N3O6/c1-3-12-37-20-8-5-18(6-9-20)26(34)30-16-25(33)32-31-15-17-4-11-23(24(13-17)36-2)38-27(35)19-7-10-21(28)22(29)14-19/h4-11,13-15H,3,12,16H2,1-2H3,(H,30,34)(H,32,33). The van der Waals surface area contributed by atoms with E-state index in [0.29, 0.717) is 28.5 Å². The minimum atomic E-state index is -0.640. The molecule has 0 unspecified atom stereocenters. The summed E-state index contributed by atoms with van der Waals surface area (Å²) in [5.41, 5.74) is 3.52. The molecule has 0 aliphatic carbocycles. The molecule has 0 radical (unpaired) electrons. The molecule has 2 N–H and O–H groups in total. The van der Waals surface area contributed by atoms with Gasteiger partial charge in [0.05, 0.1) is 42.1 Å². The number of esters is 1. The summed E-state index contributed by atoms with van der Waals surface area (Å²) in [5.74, 6) is -0.439. The average Bonchev–Trinajstić information content (AvgIpc) is 2.93. The van der Waals surface area contributed by atoms with E-state index in [-0.39, 0.29) is 28.6 Å². The Hall–Kier alpha value is -4.08. The molecule has 0 fully saturated rings. The van der Waals surface area contributed by atoms with Crippen LogP contribution in [-0.2, 0) is 4.79 Å². The Labute approximate surface area is 229 Å². The number of rotatable bonds is 11. The Bertz CT molecular complexity index is 1330. The van der Waals surface area contributed by atoms with Crippen LogP contribution in [0.1, 0.15) is 39.6 Å². The monoisotopic (exact) mass is 557 g/mol. The van der Waals surface area contributed by atoms with Gasteiger partial charge < -0.3 is 19.5 Å². The Kier molecular flexibility index (Phi) is 10.5. The van der Waals surface area contributed by atoms with Gasteiger partial charge in [-0.05, 0) is 72.6 Å². The first-order valence-electron chi connectivity index (χ1n) is 11.5. The lowest BCUT2D eigenvalue weighted by atomic mass is 10.2. The summed E-state index contributed by atoms with van der Waals surface area (Å²) in [6, 6.07) is 15.7. The van der Waals surface area contributed by atoms with E-state index >= 15 is 0 Å². The molecular formula is C27H25Cl2N3O6. The predicted molar refractivity (Wildman–Crippen MR) is 145 cm³/mol. The van der Waals surface area contributed by atoms with E-state index in [2.05, 4.69) is 15.8 Å². The highest BCUT2D eigenvalue weighted by Crippen LogP contribution is 2.29. The number of carbonyl (C=O) groups excluding carboxylic acids is 3. The lowest BCUT2D eigenvalue weighted by molar-refractivity contribution is -0.120. The van der Waals surface area contributed by atoms with Crippen molar-refractivity contribution in [1.82, 2.24) is 10.7 Å². The van der Waals surface area contributed by atoms with Gasteiger partial charge in [0.1, 0.15) is 5.75 Å². The largest absolute Gasteiger partial charge is 0.494 e. The van der Waals surface area contributed by atoms with Crippen LogP contribution in [0.2, 0.25) is 10.0 Å². The lowest BCUT2D eigenvalue weighted by Crippen LogP contribution is -2.34. The SMILES string of the molecule is CCCOc1ccc(C(=O)NCC(=O)NN=Cc2ccc(OC(=O)c3ccc(Cl)c(Cl)c3)c(OC)c2)cc1. The maximum absolute atomic E-state index is 12.4. The Morgan fingerprint density at radius 2 is 1.66 bits per heavy atom. The Morgan fingerprint density at radius 3 is 2.34 bits per heavy atom. The van der Waals surface area contributed by atoms with Crippen molar-refractivity contribution < 1.29 is 28.6 Å². The van der Waals surface area contributed by atoms with Crippen molar-refractivity contribution in [3.8, 4) is 17.2 Å². The molecule has 0 bridgehead atoms. The van der Waals surface area contributed by atoms with Gasteiger partial charge in [-0.15, -0.1) is 0 Å². The zero-order chi connectivity index (χ0) is 27.5. The molecule has 11 heteroatoms. The summed E-state index contributed by atoms with van der Waals surface area (Å²) in [6.45, 7) is 2.33. The normalized spacial score (nSPS) is 10.6. The summed E-state index contributed by atoms with van der Waals surface area (Å²) in [6.07, 6.45) is 2.26. The molecule has 0 aliphatic heterocycles. The van der Waals surface area contributed by atoms with Gasteiger partial charge in [0.2, 0.25) is 0 Å². The second kappa shape index (κ2) is 14.0. The summed E-state index contributed by atoms with van der Waals surface area (Å²) in [4.78, 5) is 36.7. The Balaban J connectivity index is 1.51. The molecule has 0 saturated heterocycles. The molecule has 0 heterocycles. The second-order valence-corrected chi connectivity index (χ2v) is 8.59.